The van der Waals surface area contributed by atoms with Crippen molar-refractivity contribution in [1.29, 1.82) is 0 Å². The third kappa shape index (κ3) is 3.25. The summed E-state index contributed by atoms with van der Waals surface area (Å²) >= 11 is 3.24. The van der Waals surface area contributed by atoms with Crippen LogP contribution < -0.4 is 10.2 Å². The van der Waals surface area contributed by atoms with E-state index in [-0.39, 0.29) is 11.8 Å². The maximum absolute atomic E-state index is 12.9. The maximum atomic E-state index is 12.9. The molecule has 0 aliphatic carbocycles. The van der Waals surface area contributed by atoms with E-state index in [4.69, 9.17) is 4.98 Å². The van der Waals surface area contributed by atoms with Crippen LogP contribution in [0.4, 0.5) is 10.3 Å². The van der Waals surface area contributed by atoms with Crippen LogP contribution in [0.2, 0.25) is 0 Å². The van der Waals surface area contributed by atoms with Gasteiger partial charge in [-0.2, -0.15) is 0 Å². The SMILES string of the molecule is Cc1cccc2sc(NC(=O)C3CCCN(c4nc5ccccc5s4)C3)nc12. The molecule has 0 bridgehead atoms. The summed E-state index contributed by atoms with van der Waals surface area (Å²) in [5.74, 6) is 0.0105. The normalized spacial score (nSPS) is 17.3. The van der Waals surface area contributed by atoms with Gasteiger partial charge in [-0.1, -0.05) is 46.9 Å². The molecule has 142 valence electrons. The minimum absolute atomic E-state index is 0.0473. The highest BCUT2D eigenvalue weighted by molar-refractivity contribution is 7.22. The number of nitrogens with zero attached hydrogens (tertiary/aromatic N) is 3. The number of carbonyl (C=O) groups is 1. The van der Waals surface area contributed by atoms with Crippen molar-refractivity contribution in [2.45, 2.75) is 19.8 Å². The molecule has 4 aromatic rings. The summed E-state index contributed by atoms with van der Waals surface area (Å²) in [7, 11) is 0. The molecule has 7 heteroatoms. The second kappa shape index (κ2) is 7.14. The van der Waals surface area contributed by atoms with Crippen LogP contribution in [0.1, 0.15) is 18.4 Å². The molecule has 1 N–H and O–H groups in total. The fourth-order valence-corrected chi connectivity index (χ4v) is 5.65. The van der Waals surface area contributed by atoms with E-state index >= 15 is 0 Å². The van der Waals surface area contributed by atoms with E-state index in [9.17, 15) is 4.79 Å². The van der Waals surface area contributed by atoms with Gasteiger partial charge in [0.1, 0.15) is 0 Å². The molecule has 2 aromatic carbocycles. The Hall–Kier alpha value is -2.51. The molecule has 3 heterocycles. The predicted molar refractivity (Wildman–Crippen MR) is 118 cm³/mol. The number of aryl methyl sites for hydroxylation is 1. The number of carbonyl (C=O) groups excluding carboxylic acids is 1. The maximum Gasteiger partial charge on any atom is 0.231 e. The predicted octanol–water partition coefficient (Wildman–Crippen LogP) is 5.07. The monoisotopic (exact) mass is 408 g/mol. The number of hydrogen-bond acceptors (Lipinski definition) is 6. The summed E-state index contributed by atoms with van der Waals surface area (Å²) in [4.78, 5) is 24.5. The number of fused-ring (bicyclic) bond motifs is 2. The number of nitrogens with one attached hydrogen (secondary N) is 1. The quantitative estimate of drug-likeness (QED) is 0.514. The molecule has 1 fully saturated rings. The Balaban J connectivity index is 1.32. The summed E-state index contributed by atoms with van der Waals surface area (Å²) < 4.78 is 2.30. The van der Waals surface area contributed by atoms with Crippen molar-refractivity contribution in [1.82, 2.24) is 9.97 Å². The van der Waals surface area contributed by atoms with E-state index in [1.807, 2.05) is 43.3 Å². The number of rotatable bonds is 3. The van der Waals surface area contributed by atoms with Gasteiger partial charge in [0.25, 0.3) is 0 Å². The van der Waals surface area contributed by atoms with Gasteiger partial charge in [0.05, 0.1) is 26.4 Å². The van der Waals surface area contributed by atoms with E-state index in [1.54, 1.807) is 11.3 Å². The van der Waals surface area contributed by atoms with Gasteiger partial charge in [0.2, 0.25) is 5.91 Å². The number of benzene rings is 2. The van der Waals surface area contributed by atoms with Crippen LogP contribution in [0.25, 0.3) is 20.4 Å². The largest absolute Gasteiger partial charge is 0.347 e. The standard InChI is InChI=1S/C21H20N4OS2/c1-13-6-4-10-17-18(13)23-20(27-17)24-19(26)14-7-5-11-25(12-14)21-22-15-8-2-3-9-16(15)28-21/h2-4,6,8-10,14H,5,7,11-12H2,1H3,(H,23,24,26). The first-order chi connectivity index (χ1) is 13.7. The van der Waals surface area contributed by atoms with Gasteiger partial charge in [-0.25, -0.2) is 9.97 Å². The lowest BCUT2D eigenvalue weighted by Gasteiger charge is -2.31. The van der Waals surface area contributed by atoms with E-state index in [2.05, 4.69) is 21.3 Å². The number of piperidine rings is 1. The second-order valence-electron chi connectivity index (χ2n) is 7.18. The fraction of sp³-hybridized carbons (Fsp3) is 0.286. The van der Waals surface area contributed by atoms with E-state index in [1.165, 1.54) is 16.0 Å². The molecule has 5 nitrogen and oxygen atoms in total. The summed E-state index contributed by atoms with van der Waals surface area (Å²) in [6.45, 7) is 3.70. The van der Waals surface area contributed by atoms with Gasteiger partial charge in [-0.05, 0) is 43.5 Å². The molecule has 1 aliphatic heterocycles. The van der Waals surface area contributed by atoms with Gasteiger partial charge < -0.3 is 10.2 Å². The van der Waals surface area contributed by atoms with Gasteiger partial charge in [-0.3, -0.25) is 4.79 Å². The molecule has 1 saturated heterocycles. The first kappa shape index (κ1) is 17.6. The Labute approximate surface area is 171 Å². The molecule has 0 saturated carbocycles. The number of hydrogen-bond donors (Lipinski definition) is 1. The summed E-state index contributed by atoms with van der Waals surface area (Å²) in [6.07, 6.45) is 1.89. The zero-order valence-corrected chi connectivity index (χ0v) is 17.1. The Morgan fingerprint density at radius 3 is 2.82 bits per heavy atom. The fourth-order valence-electron chi connectivity index (χ4n) is 3.71. The third-order valence-electron chi connectivity index (χ3n) is 5.20. The van der Waals surface area contributed by atoms with Crippen molar-refractivity contribution < 1.29 is 4.79 Å². The lowest BCUT2D eigenvalue weighted by atomic mass is 9.97. The Bertz CT molecular complexity index is 1130. The van der Waals surface area contributed by atoms with Crippen LogP contribution >= 0.6 is 22.7 Å². The highest BCUT2D eigenvalue weighted by Crippen LogP contribution is 2.32. The second-order valence-corrected chi connectivity index (χ2v) is 9.22. The number of anilines is 2. The van der Waals surface area contributed by atoms with Gasteiger partial charge in [0.15, 0.2) is 10.3 Å². The topological polar surface area (TPSA) is 58.1 Å². The molecule has 1 aliphatic rings. The molecule has 0 radical (unpaired) electrons. The third-order valence-corrected chi connectivity index (χ3v) is 7.23. The number of amides is 1. The van der Waals surface area contributed by atoms with Crippen LogP contribution in [0.15, 0.2) is 42.5 Å². The Morgan fingerprint density at radius 2 is 1.96 bits per heavy atom. The van der Waals surface area contributed by atoms with Crippen LogP contribution in [0.3, 0.4) is 0 Å². The van der Waals surface area contributed by atoms with Crippen molar-refractivity contribution in [2.75, 3.05) is 23.3 Å². The molecule has 5 rings (SSSR count). The lowest BCUT2D eigenvalue weighted by molar-refractivity contribution is -0.120. The number of thiazole rings is 2. The average molecular weight is 409 g/mol. The van der Waals surface area contributed by atoms with Crippen molar-refractivity contribution in [3.8, 4) is 0 Å². The zero-order chi connectivity index (χ0) is 19.1. The van der Waals surface area contributed by atoms with Gasteiger partial charge in [-0.15, -0.1) is 0 Å². The van der Waals surface area contributed by atoms with Crippen LogP contribution in [-0.2, 0) is 4.79 Å². The van der Waals surface area contributed by atoms with Gasteiger partial charge >= 0.3 is 0 Å². The van der Waals surface area contributed by atoms with Crippen LogP contribution in [0, 0.1) is 12.8 Å². The molecule has 1 unspecified atom stereocenters. The lowest BCUT2D eigenvalue weighted by Crippen LogP contribution is -2.40. The summed E-state index contributed by atoms with van der Waals surface area (Å²) in [6, 6.07) is 14.3. The van der Waals surface area contributed by atoms with E-state index in [0.29, 0.717) is 11.7 Å². The van der Waals surface area contributed by atoms with Crippen molar-refractivity contribution in [2.24, 2.45) is 5.92 Å². The first-order valence-corrected chi connectivity index (χ1v) is 11.1. The van der Waals surface area contributed by atoms with Crippen LogP contribution in [0.5, 0.6) is 0 Å². The summed E-state index contributed by atoms with van der Waals surface area (Å²) in [5.41, 5.74) is 3.13. The minimum atomic E-state index is -0.0473. The Kier molecular flexibility index (Phi) is 4.49. The minimum Gasteiger partial charge on any atom is -0.347 e. The van der Waals surface area contributed by atoms with Crippen molar-refractivity contribution in [3.05, 3.63) is 48.0 Å². The van der Waals surface area contributed by atoms with E-state index < -0.39 is 0 Å². The highest BCUT2D eigenvalue weighted by atomic mass is 32.1. The van der Waals surface area contributed by atoms with Crippen molar-refractivity contribution in [3.63, 3.8) is 0 Å². The molecule has 0 spiro atoms. The molecule has 28 heavy (non-hydrogen) atoms. The zero-order valence-electron chi connectivity index (χ0n) is 15.5. The van der Waals surface area contributed by atoms with E-state index in [0.717, 1.165) is 45.8 Å². The molecular weight excluding hydrogens is 388 g/mol. The molecule has 1 atom stereocenters. The number of aromatic nitrogens is 2. The van der Waals surface area contributed by atoms with Crippen LogP contribution in [-0.4, -0.2) is 29.0 Å². The molecular formula is C21H20N4OS2. The molecule has 2 aromatic heterocycles. The average Bonchev–Trinajstić information content (AvgIpc) is 3.32. The smallest absolute Gasteiger partial charge is 0.231 e. The highest BCUT2D eigenvalue weighted by Gasteiger charge is 2.28. The Morgan fingerprint density at radius 1 is 1.11 bits per heavy atom. The van der Waals surface area contributed by atoms with Crippen molar-refractivity contribution >= 4 is 59.3 Å². The number of para-hydroxylation sites is 2. The molecule has 1 amide bonds. The van der Waals surface area contributed by atoms with Gasteiger partial charge in [0, 0.05) is 13.1 Å². The summed E-state index contributed by atoms with van der Waals surface area (Å²) in [5, 5.41) is 4.75. The first-order valence-electron chi connectivity index (χ1n) is 9.45.